The number of benzene rings is 1. The lowest BCUT2D eigenvalue weighted by Gasteiger charge is -2.40. The smallest absolute Gasteiger partial charge is 0.414 e. The van der Waals surface area contributed by atoms with Crippen LogP contribution in [-0.2, 0) is 16.0 Å². The Morgan fingerprint density at radius 2 is 1.85 bits per heavy atom. The van der Waals surface area contributed by atoms with E-state index < -0.39 is 12.2 Å². The second-order valence-electron chi connectivity index (χ2n) is 8.22. The van der Waals surface area contributed by atoms with Crippen LogP contribution in [0.3, 0.4) is 0 Å². The summed E-state index contributed by atoms with van der Waals surface area (Å²) < 4.78 is 12.3. The lowest BCUT2D eigenvalue weighted by Crippen LogP contribution is -2.52. The summed E-state index contributed by atoms with van der Waals surface area (Å²) in [6.07, 6.45) is 6.05. The molecular formula is C24H27N5O4. The zero-order chi connectivity index (χ0) is 23.5. The first-order valence-electron chi connectivity index (χ1n) is 10.8. The Bertz CT molecular complexity index is 1140. The van der Waals surface area contributed by atoms with Crippen molar-refractivity contribution in [2.24, 2.45) is 0 Å². The molecule has 9 nitrogen and oxygen atoms in total. The predicted octanol–water partition coefficient (Wildman–Crippen LogP) is 4.32. The Morgan fingerprint density at radius 3 is 2.55 bits per heavy atom. The van der Waals surface area contributed by atoms with Crippen molar-refractivity contribution >= 4 is 23.6 Å². The number of ether oxygens (including phenoxy) is 2. The average Bonchev–Trinajstić information content (AvgIpc) is 3.26. The van der Waals surface area contributed by atoms with Crippen LogP contribution in [0.2, 0.25) is 0 Å². The minimum atomic E-state index is -0.474. The summed E-state index contributed by atoms with van der Waals surface area (Å²) in [4.78, 5) is 32.5. The van der Waals surface area contributed by atoms with Gasteiger partial charge in [-0.3, -0.25) is 19.5 Å². The molecule has 0 radical (unpaired) electrons. The molecule has 33 heavy (non-hydrogen) atoms. The largest absolute Gasteiger partial charge is 0.452 e. The fraction of sp³-hybridized carbons (Fsp3) is 0.333. The van der Waals surface area contributed by atoms with Gasteiger partial charge in [-0.05, 0) is 56.2 Å². The van der Waals surface area contributed by atoms with Crippen LogP contribution in [0.25, 0.3) is 11.1 Å². The molecule has 2 aromatic heterocycles. The third kappa shape index (κ3) is 4.67. The molecule has 0 unspecified atom stereocenters. The maximum absolute atomic E-state index is 12.9. The van der Waals surface area contributed by atoms with Crippen LogP contribution in [0.1, 0.15) is 26.3 Å². The summed E-state index contributed by atoms with van der Waals surface area (Å²) in [5.41, 5.74) is 4.04. The minimum Gasteiger partial charge on any atom is -0.452 e. The summed E-state index contributed by atoms with van der Waals surface area (Å²) in [5, 5.41) is 4.47. The molecule has 3 aromatic rings. The maximum Gasteiger partial charge on any atom is 0.414 e. The first-order chi connectivity index (χ1) is 15.9. The zero-order valence-corrected chi connectivity index (χ0v) is 19.1. The summed E-state index contributed by atoms with van der Waals surface area (Å²) in [7, 11) is 1.35. The van der Waals surface area contributed by atoms with E-state index in [-0.39, 0.29) is 12.1 Å². The Hall–Kier alpha value is -3.88. The minimum absolute atomic E-state index is 0.260. The summed E-state index contributed by atoms with van der Waals surface area (Å²) in [6.45, 7) is 6.39. The van der Waals surface area contributed by atoms with Gasteiger partial charge < -0.3 is 9.47 Å². The highest BCUT2D eigenvalue weighted by Gasteiger charge is 2.36. The number of methoxy groups -OCH3 is 1. The van der Waals surface area contributed by atoms with E-state index >= 15 is 0 Å². The van der Waals surface area contributed by atoms with Gasteiger partial charge in [0.25, 0.3) is 0 Å². The number of aromatic nitrogens is 3. The second kappa shape index (κ2) is 9.32. The molecule has 0 spiro atoms. The molecule has 1 aliphatic heterocycles. The van der Waals surface area contributed by atoms with Crippen molar-refractivity contribution in [3.05, 3.63) is 60.7 Å². The number of fused-ring (bicyclic) bond motifs is 1. The van der Waals surface area contributed by atoms with Crippen molar-refractivity contribution in [1.29, 1.82) is 0 Å². The van der Waals surface area contributed by atoms with Gasteiger partial charge in [-0.1, -0.05) is 6.07 Å². The van der Waals surface area contributed by atoms with Crippen molar-refractivity contribution in [2.75, 3.05) is 23.5 Å². The van der Waals surface area contributed by atoms with E-state index in [4.69, 9.17) is 9.47 Å². The predicted molar refractivity (Wildman–Crippen MR) is 124 cm³/mol. The number of hydrogen-bond donors (Lipinski definition) is 0. The van der Waals surface area contributed by atoms with Gasteiger partial charge in [0.05, 0.1) is 49.9 Å². The number of carbonyl (C=O) groups excluding carboxylic acids is 2. The number of carbonyl (C=O) groups is 2. The fourth-order valence-corrected chi connectivity index (χ4v) is 3.89. The van der Waals surface area contributed by atoms with Crippen LogP contribution < -0.4 is 9.80 Å². The standard InChI is InChI=1S/C24H27N5O4/c1-16(2)33-23(30)28-13-17(3)29(24(31)32-4)21-6-5-19(11-22(21)28)20-12-26-27(15-20)14-18-7-9-25-10-8-18/h5-12,15-17H,13-14H2,1-4H3/t17-/m0/s1. The molecule has 1 atom stereocenters. The molecule has 0 saturated carbocycles. The molecule has 1 aliphatic rings. The van der Waals surface area contributed by atoms with Gasteiger partial charge in [0.2, 0.25) is 0 Å². The summed E-state index contributed by atoms with van der Waals surface area (Å²) in [5.74, 6) is 0. The van der Waals surface area contributed by atoms with E-state index in [1.165, 1.54) is 7.11 Å². The number of pyridine rings is 1. The molecule has 2 amide bonds. The Balaban J connectivity index is 1.70. The van der Waals surface area contributed by atoms with Gasteiger partial charge in [-0.25, -0.2) is 9.59 Å². The molecule has 9 heteroatoms. The van der Waals surface area contributed by atoms with Crippen LogP contribution in [0, 0.1) is 0 Å². The maximum atomic E-state index is 12.9. The molecule has 3 heterocycles. The number of rotatable bonds is 4. The van der Waals surface area contributed by atoms with E-state index in [0.29, 0.717) is 24.5 Å². The molecule has 1 aromatic carbocycles. The lowest BCUT2D eigenvalue weighted by molar-refractivity contribution is 0.121. The highest BCUT2D eigenvalue weighted by molar-refractivity contribution is 6.01. The third-order valence-electron chi connectivity index (χ3n) is 5.40. The third-order valence-corrected chi connectivity index (χ3v) is 5.40. The lowest BCUT2D eigenvalue weighted by atomic mass is 10.0. The normalized spacial score (nSPS) is 15.4. The molecule has 0 bridgehead atoms. The zero-order valence-electron chi connectivity index (χ0n) is 19.1. The van der Waals surface area contributed by atoms with Gasteiger partial charge in [0.15, 0.2) is 0 Å². The van der Waals surface area contributed by atoms with E-state index in [9.17, 15) is 9.59 Å². The van der Waals surface area contributed by atoms with Crippen molar-refractivity contribution in [3.63, 3.8) is 0 Å². The quantitative estimate of drug-likeness (QED) is 0.589. The molecule has 4 rings (SSSR count). The van der Waals surface area contributed by atoms with Crippen molar-refractivity contribution in [1.82, 2.24) is 14.8 Å². The monoisotopic (exact) mass is 449 g/mol. The van der Waals surface area contributed by atoms with Crippen LogP contribution >= 0.6 is 0 Å². The molecule has 0 aliphatic carbocycles. The van der Waals surface area contributed by atoms with E-state index in [2.05, 4.69) is 10.1 Å². The van der Waals surface area contributed by atoms with Gasteiger partial charge in [-0.2, -0.15) is 5.10 Å². The fourth-order valence-electron chi connectivity index (χ4n) is 3.89. The molecule has 0 fully saturated rings. The Kier molecular flexibility index (Phi) is 6.30. The molecule has 172 valence electrons. The first-order valence-corrected chi connectivity index (χ1v) is 10.8. The van der Waals surface area contributed by atoms with Gasteiger partial charge >= 0.3 is 12.2 Å². The molecule has 0 N–H and O–H groups in total. The van der Waals surface area contributed by atoms with E-state index in [1.54, 1.807) is 42.2 Å². The van der Waals surface area contributed by atoms with Crippen LogP contribution in [-0.4, -0.2) is 52.8 Å². The van der Waals surface area contributed by atoms with Crippen molar-refractivity contribution < 1.29 is 19.1 Å². The number of nitrogens with zero attached hydrogens (tertiary/aromatic N) is 5. The number of amides is 2. The van der Waals surface area contributed by atoms with E-state index in [0.717, 1.165) is 16.7 Å². The summed E-state index contributed by atoms with van der Waals surface area (Å²) >= 11 is 0. The van der Waals surface area contributed by atoms with Gasteiger partial charge in [0, 0.05) is 24.2 Å². The van der Waals surface area contributed by atoms with Crippen LogP contribution in [0.5, 0.6) is 0 Å². The van der Waals surface area contributed by atoms with Gasteiger partial charge in [-0.15, -0.1) is 0 Å². The van der Waals surface area contributed by atoms with Crippen LogP contribution in [0.4, 0.5) is 21.0 Å². The topological polar surface area (TPSA) is 89.8 Å². The molecular weight excluding hydrogens is 422 g/mol. The molecule has 0 saturated heterocycles. The second-order valence-corrected chi connectivity index (χ2v) is 8.22. The highest BCUT2D eigenvalue weighted by Crippen LogP contribution is 2.39. The average molecular weight is 450 g/mol. The Morgan fingerprint density at radius 1 is 1.09 bits per heavy atom. The number of anilines is 2. The SMILES string of the molecule is COC(=O)N1c2ccc(-c3cnn(Cc4ccncc4)c3)cc2N(C(=O)OC(C)C)C[C@@H]1C. The van der Waals surface area contributed by atoms with Gasteiger partial charge in [0.1, 0.15) is 0 Å². The highest BCUT2D eigenvalue weighted by atomic mass is 16.6. The number of hydrogen-bond acceptors (Lipinski definition) is 6. The summed E-state index contributed by atoms with van der Waals surface area (Å²) in [6, 6.07) is 9.23. The first kappa shape index (κ1) is 22.3. The van der Waals surface area contributed by atoms with Crippen LogP contribution in [0.15, 0.2) is 55.1 Å². The Labute approximate surface area is 192 Å². The van der Waals surface area contributed by atoms with Crippen molar-refractivity contribution in [2.45, 2.75) is 39.5 Å². The van der Waals surface area contributed by atoms with Crippen molar-refractivity contribution in [3.8, 4) is 11.1 Å². The van der Waals surface area contributed by atoms with E-state index in [1.807, 2.05) is 48.1 Å².